The maximum atomic E-state index is 12.0. The number of hydrogen-bond acceptors (Lipinski definition) is 6. The van der Waals surface area contributed by atoms with Crippen LogP contribution in [-0.2, 0) is 24.8 Å². The molecule has 1 aromatic rings. The molecule has 0 aliphatic carbocycles. The number of ether oxygens (including phenoxy) is 3. The minimum atomic E-state index is -1.38. The van der Waals surface area contributed by atoms with Crippen molar-refractivity contribution in [2.45, 2.75) is 38.2 Å². The number of methoxy groups -OCH3 is 2. The van der Waals surface area contributed by atoms with Crippen LogP contribution < -0.4 is 5.32 Å². The van der Waals surface area contributed by atoms with Crippen LogP contribution in [0.1, 0.15) is 26.3 Å². The predicted octanol–water partition coefficient (Wildman–Crippen LogP) is 2.74. The number of hydrogen-bond donors (Lipinski definition) is 1. The van der Waals surface area contributed by atoms with Crippen molar-refractivity contribution in [1.82, 2.24) is 5.32 Å². The van der Waals surface area contributed by atoms with E-state index in [9.17, 15) is 14.9 Å². The van der Waals surface area contributed by atoms with Gasteiger partial charge in [-0.1, -0.05) is 15.9 Å². The Morgan fingerprint density at radius 3 is 2.15 bits per heavy atom. The second kappa shape index (κ2) is 9.40. The maximum Gasteiger partial charge on any atom is 0.269 e. The Labute approximate surface area is 161 Å². The van der Waals surface area contributed by atoms with Gasteiger partial charge < -0.3 is 19.5 Å². The van der Waals surface area contributed by atoms with Crippen LogP contribution in [0.4, 0.5) is 5.69 Å². The molecule has 0 unspecified atom stereocenters. The fourth-order valence-electron chi connectivity index (χ4n) is 2.43. The number of nitro benzene ring substituents is 1. The Morgan fingerprint density at radius 1 is 1.23 bits per heavy atom. The van der Waals surface area contributed by atoms with Crippen LogP contribution in [0.25, 0.3) is 0 Å². The van der Waals surface area contributed by atoms with Crippen molar-refractivity contribution in [3.8, 4) is 0 Å². The second-order valence-corrected chi connectivity index (χ2v) is 7.12. The number of non-ortho nitro benzene ring substituents is 1. The molecule has 0 spiro atoms. The molecule has 1 atom stereocenters. The lowest BCUT2D eigenvalue weighted by Crippen LogP contribution is -2.56. The largest absolute Gasteiger partial charge is 0.374 e. The smallest absolute Gasteiger partial charge is 0.269 e. The van der Waals surface area contributed by atoms with E-state index in [4.69, 9.17) is 14.2 Å². The average Bonchev–Trinajstić information content (AvgIpc) is 2.60. The number of amides is 1. The molecule has 1 amide bonds. The molecule has 1 aromatic carbocycles. The van der Waals surface area contributed by atoms with E-state index in [0.717, 1.165) is 0 Å². The third kappa shape index (κ3) is 5.73. The van der Waals surface area contributed by atoms with Crippen molar-refractivity contribution in [2.24, 2.45) is 0 Å². The topological polar surface area (TPSA) is 99.9 Å². The Balaban J connectivity index is 3.29. The predicted molar refractivity (Wildman–Crippen MR) is 100 cm³/mol. The van der Waals surface area contributed by atoms with E-state index in [2.05, 4.69) is 21.2 Å². The van der Waals surface area contributed by atoms with Gasteiger partial charge in [-0.3, -0.25) is 14.9 Å². The van der Waals surface area contributed by atoms with E-state index in [0.29, 0.717) is 5.56 Å². The van der Waals surface area contributed by atoms with Gasteiger partial charge in [-0.05, 0) is 32.9 Å². The Morgan fingerprint density at radius 2 is 1.77 bits per heavy atom. The summed E-state index contributed by atoms with van der Waals surface area (Å²) in [5.74, 6) is -1.65. The SMILES string of the molecule is COC(OC)(c1ccc([N+](=O)[O-])cc1)[C@@H](COC(C)(C)C)NC(=O)CBr. The lowest BCUT2D eigenvalue weighted by atomic mass is 9.97. The van der Waals surface area contributed by atoms with Crippen molar-refractivity contribution in [1.29, 1.82) is 0 Å². The Bertz CT molecular complexity index is 611. The molecule has 0 saturated heterocycles. The number of rotatable bonds is 9. The van der Waals surface area contributed by atoms with Gasteiger partial charge in [0.2, 0.25) is 11.7 Å². The first kappa shape index (κ1) is 22.5. The summed E-state index contributed by atoms with van der Waals surface area (Å²) in [6.07, 6.45) is 0. The number of alkyl halides is 1. The zero-order valence-corrected chi connectivity index (χ0v) is 17.2. The molecule has 8 nitrogen and oxygen atoms in total. The molecule has 0 bridgehead atoms. The number of nitrogens with one attached hydrogen (secondary N) is 1. The van der Waals surface area contributed by atoms with Gasteiger partial charge in [0.1, 0.15) is 6.04 Å². The fourth-order valence-corrected chi connectivity index (χ4v) is 2.59. The van der Waals surface area contributed by atoms with Gasteiger partial charge >= 0.3 is 0 Å². The highest BCUT2D eigenvalue weighted by Crippen LogP contribution is 2.32. The molecular formula is C17H25BrN2O6. The van der Waals surface area contributed by atoms with Crippen LogP contribution in [0, 0.1) is 10.1 Å². The molecule has 9 heteroatoms. The first-order valence-electron chi connectivity index (χ1n) is 7.94. The Kier molecular flexibility index (Phi) is 8.14. The van der Waals surface area contributed by atoms with Gasteiger partial charge in [0, 0.05) is 31.9 Å². The lowest BCUT2D eigenvalue weighted by molar-refractivity contribution is -0.384. The van der Waals surface area contributed by atoms with Gasteiger partial charge in [0.15, 0.2) is 0 Å². The minimum Gasteiger partial charge on any atom is -0.374 e. The minimum absolute atomic E-state index is 0.0539. The lowest BCUT2D eigenvalue weighted by Gasteiger charge is -2.39. The normalized spacial score (nSPS) is 13.3. The van der Waals surface area contributed by atoms with Crippen LogP contribution in [-0.4, -0.2) is 48.6 Å². The molecule has 0 radical (unpaired) electrons. The number of halogens is 1. The quantitative estimate of drug-likeness (QED) is 0.278. The zero-order chi connectivity index (χ0) is 20.0. The summed E-state index contributed by atoms with van der Waals surface area (Å²) >= 11 is 3.12. The number of nitrogens with zero attached hydrogens (tertiary/aromatic N) is 1. The summed E-state index contributed by atoms with van der Waals surface area (Å²) in [6, 6.07) is 5.10. The molecule has 0 aromatic heterocycles. The fraction of sp³-hybridized carbons (Fsp3) is 0.588. The maximum absolute atomic E-state index is 12.0. The van der Waals surface area contributed by atoms with Crippen molar-refractivity contribution < 1.29 is 23.9 Å². The van der Waals surface area contributed by atoms with Gasteiger partial charge in [0.05, 0.1) is 22.5 Å². The highest BCUT2D eigenvalue weighted by molar-refractivity contribution is 9.09. The van der Waals surface area contributed by atoms with E-state index in [1.807, 2.05) is 20.8 Å². The summed E-state index contributed by atoms with van der Waals surface area (Å²) in [5, 5.41) is 13.8. The highest BCUT2D eigenvalue weighted by Gasteiger charge is 2.43. The van der Waals surface area contributed by atoms with Crippen molar-refractivity contribution in [3.63, 3.8) is 0 Å². The summed E-state index contributed by atoms with van der Waals surface area (Å²) in [6.45, 7) is 5.79. The molecule has 1 N–H and O–H groups in total. The molecule has 0 aliphatic heterocycles. The molecule has 0 heterocycles. The van der Waals surface area contributed by atoms with E-state index in [-0.39, 0.29) is 23.5 Å². The number of benzene rings is 1. The molecule has 146 valence electrons. The molecule has 0 fully saturated rings. The third-order valence-electron chi connectivity index (χ3n) is 3.69. The average molecular weight is 433 g/mol. The molecule has 0 aliphatic rings. The number of carbonyl (C=O) groups excluding carboxylic acids is 1. The first-order valence-corrected chi connectivity index (χ1v) is 9.06. The van der Waals surface area contributed by atoms with Crippen molar-refractivity contribution >= 4 is 27.5 Å². The highest BCUT2D eigenvalue weighted by atomic mass is 79.9. The van der Waals surface area contributed by atoms with Gasteiger partial charge in [0.25, 0.3) is 5.69 Å². The molecule has 0 saturated carbocycles. The monoisotopic (exact) mass is 432 g/mol. The number of nitro groups is 1. The van der Waals surface area contributed by atoms with E-state index < -0.39 is 22.4 Å². The van der Waals surface area contributed by atoms with E-state index in [1.165, 1.54) is 38.5 Å². The van der Waals surface area contributed by atoms with Crippen LogP contribution in [0.3, 0.4) is 0 Å². The van der Waals surface area contributed by atoms with Crippen LogP contribution in [0.5, 0.6) is 0 Å². The third-order valence-corrected chi connectivity index (χ3v) is 4.19. The summed E-state index contributed by atoms with van der Waals surface area (Å²) in [4.78, 5) is 22.4. The number of carbonyl (C=O) groups is 1. The molecule has 1 rings (SSSR count). The molecule has 26 heavy (non-hydrogen) atoms. The van der Waals surface area contributed by atoms with Gasteiger partial charge in [-0.2, -0.15) is 0 Å². The van der Waals surface area contributed by atoms with Crippen LogP contribution in [0.2, 0.25) is 0 Å². The standard InChI is InChI=1S/C17H25BrN2O6/c1-16(2,3)26-11-14(19-15(21)10-18)17(24-4,25-5)12-6-8-13(9-7-12)20(22)23/h6-9,14H,10-11H2,1-5H3,(H,19,21)/t14-/m1/s1. The van der Waals surface area contributed by atoms with Crippen LogP contribution in [0.15, 0.2) is 24.3 Å². The Hall–Kier alpha value is -1.55. The first-order chi connectivity index (χ1) is 12.1. The second-order valence-electron chi connectivity index (χ2n) is 6.56. The van der Waals surface area contributed by atoms with Gasteiger partial charge in [-0.15, -0.1) is 0 Å². The van der Waals surface area contributed by atoms with E-state index in [1.54, 1.807) is 0 Å². The summed E-state index contributed by atoms with van der Waals surface area (Å²) in [5.41, 5.74) is 0.0207. The van der Waals surface area contributed by atoms with Crippen molar-refractivity contribution in [3.05, 3.63) is 39.9 Å². The zero-order valence-electron chi connectivity index (χ0n) is 15.6. The van der Waals surface area contributed by atoms with Crippen LogP contribution >= 0.6 is 15.9 Å². The molecular weight excluding hydrogens is 408 g/mol. The van der Waals surface area contributed by atoms with E-state index >= 15 is 0 Å². The van der Waals surface area contributed by atoms with Crippen molar-refractivity contribution in [2.75, 3.05) is 26.2 Å². The summed E-state index contributed by atoms with van der Waals surface area (Å²) < 4.78 is 17.1. The van der Waals surface area contributed by atoms with Gasteiger partial charge in [-0.25, -0.2) is 0 Å². The summed E-state index contributed by atoms with van der Waals surface area (Å²) in [7, 11) is 2.88.